The highest BCUT2D eigenvalue weighted by Gasteiger charge is 2.20. The van der Waals surface area contributed by atoms with Gasteiger partial charge in [0.1, 0.15) is 5.58 Å². The summed E-state index contributed by atoms with van der Waals surface area (Å²) in [6, 6.07) is 6.19. The number of hydrogen-bond acceptors (Lipinski definition) is 6. The number of morpholine rings is 1. The monoisotopic (exact) mass is 331 g/mol. The number of fused-ring (bicyclic) bond motifs is 1. The van der Waals surface area contributed by atoms with Crippen LogP contribution in [-0.4, -0.2) is 49.7 Å². The number of rotatable bonds is 3. The zero-order valence-corrected chi connectivity index (χ0v) is 13.2. The molecule has 0 atom stereocenters. The molecule has 7 nitrogen and oxygen atoms in total. The molecule has 1 saturated heterocycles. The lowest BCUT2D eigenvalue weighted by Gasteiger charge is -2.26. The first-order chi connectivity index (χ1) is 11.5. The van der Waals surface area contributed by atoms with Crippen LogP contribution >= 0.6 is 0 Å². The van der Waals surface area contributed by atoms with Gasteiger partial charge in [0.05, 0.1) is 18.6 Å². The van der Waals surface area contributed by atoms with Gasteiger partial charge in [-0.1, -0.05) is 11.6 Å². The summed E-state index contributed by atoms with van der Waals surface area (Å²) in [6.07, 6.45) is 0. The van der Waals surface area contributed by atoms with Crippen LogP contribution in [0, 0.1) is 6.92 Å². The van der Waals surface area contributed by atoms with Gasteiger partial charge in [0.2, 0.25) is 5.76 Å². The van der Waals surface area contributed by atoms with E-state index in [1.807, 2.05) is 6.92 Å². The minimum Gasteiger partial charge on any atom is -0.450 e. The van der Waals surface area contributed by atoms with Crippen molar-refractivity contribution in [1.82, 2.24) is 4.90 Å². The van der Waals surface area contributed by atoms with Crippen molar-refractivity contribution in [3.63, 3.8) is 0 Å². The maximum atomic E-state index is 12.1. The number of aryl methyl sites for hydroxylation is 1. The van der Waals surface area contributed by atoms with Gasteiger partial charge >= 0.3 is 5.97 Å². The third-order valence-electron chi connectivity index (χ3n) is 3.77. The van der Waals surface area contributed by atoms with Gasteiger partial charge in [0, 0.05) is 19.2 Å². The molecule has 1 amide bonds. The average molecular weight is 331 g/mol. The lowest BCUT2D eigenvalue weighted by atomic mass is 10.1. The van der Waals surface area contributed by atoms with Gasteiger partial charge < -0.3 is 18.8 Å². The summed E-state index contributed by atoms with van der Waals surface area (Å²) in [5, 5.41) is 0.399. The van der Waals surface area contributed by atoms with E-state index in [-0.39, 0.29) is 17.1 Å². The summed E-state index contributed by atoms with van der Waals surface area (Å²) in [7, 11) is 0. The van der Waals surface area contributed by atoms with Crippen molar-refractivity contribution in [2.24, 2.45) is 0 Å². The Labute approximate surface area is 137 Å². The van der Waals surface area contributed by atoms with Crippen molar-refractivity contribution in [3.05, 3.63) is 45.8 Å². The largest absolute Gasteiger partial charge is 0.450 e. The normalized spacial score (nSPS) is 14.6. The third-order valence-corrected chi connectivity index (χ3v) is 3.77. The Morgan fingerprint density at radius 2 is 1.96 bits per heavy atom. The number of hydrogen-bond donors (Lipinski definition) is 0. The van der Waals surface area contributed by atoms with Crippen LogP contribution in [0.1, 0.15) is 16.1 Å². The van der Waals surface area contributed by atoms with Crippen molar-refractivity contribution in [3.8, 4) is 0 Å². The van der Waals surface area contributed by atoms with Crippen molar-refractivity contribution < 1.29 is 23.5 Å². The van der Waals surface area contributed by atoms with Gasteiger partial charge in [-0.3, -0.25) is 9.59 Å². The lowest BCUT2D eigenvalue weighted by Crippen LogP contribution is -2.42. The molecule has 1 aliphatic rings. The van der Waals surface area contributed by atoms with Crippen LogP contribution < -0.4 is 5.43 Å². The molecule has 0 aliphatic carbocycles. The summed E-state index contributed by atoms with van der Waals surface area (Å²) in [5.74, 6) is -1.35. The molecule has 1 aromatic carbocycles. The third kappa shape index (κ3) is 3.46. The van der Waals surface area contributed by atoms with E-state index in [0.717, 1.165) is 11.6 Å². The first-order valence-corrected chi connectivity index (χ1v) is 7.62. The smallest absolute Gasteiger partial charge is 0.374 e. The van der Waals surface area contributed by atoms with Gasteiger partial charge in [0.25, 0.3) is 5.91 Å². The van der Waals surface area contributed by atoms with Crippen LogP contribution in [-0.2, 0) is 14.3 Å². The first kappa shape index (κ1) is 16.2. The zero-order valence-electron chi connectivity index (χ0n) is 13.2. The number of carbonyl (C=O) groups is 2. The SMILES string of the molecule is Cc1ccc2oc(C(=O)OCC(=O)N3CCOCC3)cc(=O)c2c1. The van der Waals surface area contributed by atoms with Crippen LogP contribution in [0.25, 0.3) is 11.0 Å². The van der Waals surface area contributed by atoms with Crippen molar-refractivity contribution in [2.75, 3.05) is 32.9 Å². The molecular formula is C17H17NO6. The Hall–Kier alpha value is -2.67. The van der Waals surface area contributed by atoms with Crippen molar-refractivity contribution >= 4 is 22.8 Å². The molecule has 126 valence electrons. The Balaban J connectivity index is 1.71. The van der Waals surface area contributed by atoms with Crippen LogP contribution in [0.3, 0.4) is 0 Å². The van der Waals surface area contributed by atoms with Gasteiger partial charge in [-0.2, -0.15) is 0 Å². The van der Waals surface area contributed by atoms with E-state index in [0.29, 0.717) is 37.3 Å². The van der Waals surface area contributed by atoms with Crippen LogP contribution in [0.2, 0.25) is 0 Å². The molecule has 2 heterocycles. The van der Waals surface area contributed by atoms with Crippen LogP contribution in [0.5, 0.6) is 0 Å². The van der Waals surface area contributed by atoms with E-state index in [1.165, 1.54) is 0 Å². The van der Waals surface area contributed by atoms with Crippen LogP contribution in [0.15, 0.2) is 33.5 Å². The molecule has 1 aromatic heterocycles. The Morgan fingerprint density at radius 1 is 1.21 bits per heavy atom. The minimum atomic E-state index is -0.837. The van der Waals surface area contributed by atoms with Crippen molar-refractivity contribution in [1.29, 1.82) is 0 Å². The van der Waals surface area contributed by atoms with Gasteiger partial charge in [0.15, 0.2) is 12.0 Å². The molecule has 3 rings (SSSR count). The molecule has 0 spiro atoms. The number of nitrogens with zero attached hydrogens (tertiary/aromatic N) is 1. The van der Waals surface area contributed by atoms with Gasteiger partial charge in [-0.05, 0) is 19.1 Å². The fourth-order valence-electron chi connectivity index (χ4n) is 2.47. The molecule has 24 heavy (non-hydrogen) atoms. The van der Waals surface area contributed by atoms with E-state index in [4.69, 9.17) is 13.9 Å². The van der Waals surface area contributed by atoms with Gasteiger partial charge in [-0.25, -0.2) is 4.79 Å². The number of carbonyl (C=O) groups excluding carboxylic acids is 2. The predicted molar refractivity (Wildman–Crippen MR) is 84.9 cm³/mol. The highest BCUT2D eigenvalue weighted by molar-refractivity contribution is 5.90. The van der Waals surface area contributed by atoms with Crippen molar-refractivity contribution in [2.45, 2.75) is 6.92 Å². The van der Waals surface area contributed by atoms with E-state index in [1.54, 1.807) is 23.1 Å². The molecule has 0 unspecified atom stereocenters. The van der Waals surface area contributed by atoms with Gasteiger partial charge in [-0.15, -0.1) is 0 Å². The highest BCUT2D eigenvalue weighted by atomic mass is 16.5. The summed E-state index contributed by atoms with van der Waals surface area (Å²) in [6.45, 7) is 3.35. The first-order valence-electron chi connectivity index (χ1n) is 7.62. The summed E-state index contributed by atoms with van der Waals surface area (Å²) in [4.78, 5) is 37.6. The maximum absolute atomic E-state index is 12.1. The standard InChI is InChI=1S/C17H17NO6/c1-11-2-3-14-12(8-11)13(19)9-15(24-14)17(21)23-10-16(20)18-4-6-22-7-5-18/h2-3,8-9H,4-7,10H2,1H3. The second-order valence-corrected chi connectivity index (χ2v) is 5.54. The zero-order chi connectivity index (χ0) is 17.1. The van der Waals surface area contributed by atoms with E-state index in [2.05, 4.69) is 0 Å². The number of esters is 1. The average Bonchev–Trinajstić information content (AvgIpc) is 2.60. The number of ether oxygens (including phenoxy) is 2. The quantitative estimate of drug-likeness (QED) is 0.783. The Kier molecular flexibility index (Phi) is 4.61. The number of benzene rings is 1. The highest BCUT2D eigenvalue weighted by Crippen LogP contribution is 2.14. The Bertz CT molecular complexity index is 835. The molecule has 1 fully saturated rings. The second kappa shape index (κ2) is 6.84. The molecule has 2 aromatic rings. The molecule has 0 radical (unpaired) electrons. The molecular weight excluding hydrogens is 314 g/mol. The Morgan fingerprint density at radius 3 is 2.71 bits per heavy atom. The predicted octanol–water partition coefficient (Wildman–Crippen LogP) is 1.12. The second-order valence-electron chi connectivity index (χ2n) is 5.54. The maximum Gasteiger partial charge on any atom is 0.374 e. The summed E-state index contributed by atoms with van der Waals surface area (Å²) < 4.78 is 15.5. The fraction of sp³-hybridized carbons (Fsp3) is 0.353. The molecule has 1 aliphatic heterocycles. The molecule has 0 saturated carbocycles. The molecule has 0 bridgehead atoms. The summed E-state index contributed by atoms with van der Waals surface area (Å²) >= 11 is 0. The molecule has 0 N–H and O–H groups in total. The molecule has 7 heteroatoms. The topological polar surface area (TPSA) is 86.1 Å². The minimum absolute atomic E-state index is 0.217. The lowest BCUT2D eigenvalue weighted by molar-refractivity contribution is -0.138. The van der Waals surface area contributed by atoms with Crippen LogP contribution in [0.4, 0.5) is 0 Å². The number of amides is 1. The van der Waals surface area contributed by atoms with E-state index >= 15 is 0 Å². The van der Waals surface area contributed by atoms with E-state index in [9.17, 15) is 14.4 Å². The van der Waals surface area contributed by atoms with E-state index < -0.39 is 12.6 Å². The fourth-order valence-corrected chi connectivity index (χ4v) is 2.47. The summed E-state index contributed by atoms with van der Waals surface area (Å²) in [5.41, 5.74) is 0.896.